The standard InChI is InChI=1S/C28H37F3O2/c1-3-17-10-13-28(31)18(14-17)4-6-20-21-7-8-23(27(21,2)12-11-22(20)28)25(32)16-33-26-9-5-19(29)15-24(26)30/h5,9,15,17-18,20-23H,3-4,6-8,10-14,16H2,1-2H3/t17-,18+,20-,21?,22?,23+,27-,28+/m0/s1. The number of halogens is 3. The van der Waals surface area contributed by atoms with Gasteiger partial charge in [0.1, 0.15) is 18.1 Å². The molecule has 4 aliphatic carbocycles. The molecule has 4 aliphatic rings. The van der Waals surface area contributed by atoms with Crippen LogP contribution in [0, 0.1) is 52.6 Å². The van der Waals surface area contributed by atoms with Crippen LogP contribution < -0.4 is 4.74 Å². The summed E-state index contributed by atoms with van der Waals surface area (Å²) in [6.45, 7) is 4.27. The van der Waals surface area contributed by atoms with Crippen molar-refractivity contribution in [1.82, 2.24) is 0 Å². The molecule has 33 heavy (non-hydrogen) atoms. The van der Waals surface area contributed by atoms with Gasteiger partial charge in [0.05, 0.1) is 0 Å². The summed E-state index contributed by atoms with van der Waals surface area (Å²) >= 11 is 0. The van der Waals surface area contributed by atoms with Crippen molar-refractivity contribution in [3.05, 3.63) is 29.8 Å². The number of alkyl halides is 1. The molecule has 182 valence electrons. The molecule has 0 aliphatic heterocycles. The molecule has 0 amide bonds. The number of fused-ring (bicyclic) bond motifs is 5. The van der Waals surface area contributed by atoms with E-state index >= 15 is 4.39 Å². The van der Waals surface area contributed by atoms with Gasteiger partial charge in [0, 0.05) is 12.0 Å². The van der Waals surface area contributed by atoms with Crippen molar-refractivity contribution >= 4 is 5.78 Å². The molecule has 4 fully saturated rings. The fourth-order valence-electron chi connectivity index (χ4n) is 8.61. The Bertz CT molecular complexity index is 903. The number of ketones is 1. The smallest absolute Gasteiger partial charge is 0.173 e. The van der Waals surface area contributed by atoms with Crippen molar-refractivity contribution < 1.29 is 22.7 Å². The van der Waals surface area contributed by atoms with Crippen LogP contribution in [0.5, 0.6) is 5.75 Å². The Morgan fingerprint density at radius 1 is 1.06 bits per heavy atom. The lowest BCUT2D eigenvalue weighted by molar-refractivity contribution is -0.147. The van der Waals surface area contributed by atoms with Crippen molar-refractivity contribution in [2.45, 2.75) is 83.7 Å². The van der Waals surface area contributed by atoms with E-state index in [2.05, 4.69) is 13.8 Å². The van der Waals surface area contributed by atoms with Crippen LogP contribution in [0.4, 0.5) is 13.2 Å². The van der Waals surface area contributed by atoms with Gasteiger partial charge < -0.3 is 4.74 Å². The lowest BCUT2D eigenvalue weighted by Gasteiger charge is -2.58. The van der Waals surface area contributed by atoms with Gasteiger partial charge in [0.25, 0.3) is 0 Å². The molecule has 4 saturated carbocycles. The van der Waals surface area contributed by atoms with E-state index in [9.17, 15) is 13.6 Å². The van der Waals surface area contributed by atoms with E-state index in [1.54, 1.807) is 0 Å². The zero-order valence-electron chi connectivity index (χ0n) is 19.9. The van der Waals surface area contributed by atoms with Gasteiger partial charge in [-0.05, 0) is 105 Å². The summed E-state index contributed by atoms with van der Waals surface area (Å²) in [5.74, 6) is 0.119. The van der Waals surface area contributed by atoms with E-state index in [1.807, 2.05) is 0 Å². The van der Waals surface area contributed by atoms with E-state index in [0.29, 0.717) is 17.8 Å². The Labute approximate surface area is 195 Å². The van der Waals surface area contributed by atoms with Gasteiger partial charge in [-0.15, -0.1) is 0 Å². The molecule has 5 rings (SSSR count). The highest BCUT2D eigenvalue weighted by Gasteiger charge is 2.62. The number of hydrogen-bond donors (Lipinski definition) is 0. The first-order chi connectivity index (χ1) is 15.8. The molecule has 2 nitrogen and oxygen atoms in total. The zero-order valence-corrected chi connectivity index (χ0v) is 19.9. The molecule has 0 heterocycles. The first-order valence-corrected chi connectivity index (χ1v) is 13.1. The lowest BCUT2D eigenvalue weighted by atomic mass is 9.48. The number of Topliss-reactive ketones (excluding diaryl/α,β-unsaturated/α-hetero) is 1. The van der Waals surface area contributed by atoms with Crippen LogP contribution in [0.2, 0.25) is 0 Å². The Kier molecular flexibility index (Phi) is 6.06. The van der Waals surface area contributed by atoms with Crippen molar-refractivity contribution in [1.29, 1.82) is 0 Å². The van der Waals surface area contributed by atoms with Crippen molar-refractivity contribution in [2.75, 3.05) is 6.61 Å². The van der Waals surface area contributed by atoms with Crippen LogP contribution in [-0.4, -0.2) is 18.1 Å². The minimum Gasteiger partial charge on any atom is -0.483 e. The molecule has 0 N–H and O–H groups in total. The quantitative estimate of drug-likeness (QED) is 0.459. The van der Waals surface area contributed by atoms with Crippen molar-refractivity contribution in [3.8, 4) is 5.75 Å². The molecular weight excluding hydrogens is 425 g/mol. The molecule has 5 heteroatoms. The largest absolute Gasteiger partial charge is 0.483 e. The number of hydrogen-bond acceptors (Lipinski definition) is 2. The van der Waals surface area contributed by atoms with Gasteiger partial charge in [-0.1, -0.05) is 20.3 Å². The summed E-state index contributed by atoms with van der Waals surface area (Å²) in [7, 11) is 0. The molecule has 0 aromatic heterocycles. The maximum Gasteiger partial charge on any atom is 0.173 e. The summed E-state index contributed by atoms with van der Waals surface area (Å²) in [5.41, 5.74) is -1.14. The molecule has 2 unspecified atom stereocenters. The first kappa shape index (κ1) is 23.2. The summed E-state index contributed by atoms with van der Waals surface area (Å²) in [6.07, 6.45) is 9.58. The number of ether oxygens (including phenoxy) is 1. The third kappa shape index (κ3) is 3.82. The molecule has 8 atom stereocenters. The van der Waals surface area contributed by atoms with Crippen molar-refractivity contribution in [2.24, 2.45) is 40.9 Å². The third-order valence-electron chi connectivity index (χ3n) is 10.4. The highest BCUT2D eigenvalue weighted by atomic mass is 19.1. The average Bonchev–Trinajstić information content (AvgIpc) is 3.15. The molecular formula is C28H37F3O2. The van der Waals surface area contributed by atoms with Crippen LogP contribution in [0.3, 0.4) is 0 Å². The fourth-order valence-corrected chi connectivity index (χ4v) is 8.61. The van der Waals surface area contributed by atoms with E-state index in [1.165, 1.54) is 6.07 Å². The fraction of sp³-hybridized carbons (Fsp3) is 0.750. The predicted molar refractivity (Wildman–Crippen MR) is 122 cm³/mol. The van der Waals surface area contributed by atoms with Gasteiger partial charge in [-0.25, -0.2) is 13.2 Å². The number of carbonyl (C=O) groups excluding carboxylic acids is 1. The van der Waals surface area contributed by atoms with E-state index in [4.69, 9.17) is 4.74 Å². The third-order valence-corrected chi connectivity index (χ3v) is 10.4. The number of carbonyl (C=O) groups is 1. The van der Waals surface area contributed by atoms with Gasteiger partial charge in [0.15, 0.2) is 17.3 Å². The molecule has 0 saturated heterocycles. The molecule has 0 radical (unpaired) electrons. The SMILES string of the molecule is CC[C@H]1CC[C@]2(F)C3CC[C@@]4(C)C(CC[C@@H]4C(=O)COc4ccc(F)cc4F)[C@@H]3CC[C@@H]2C1. The molecule has 1 aromatic carbocycles. The summed E-state index contributed by atoms with van der Waals surface area (Å²) in [5, 5.41) is 0. The Morgan fingerprint density at radius 2 is 1.88 bits per heavy atom. The van der Waals surface area contributed by atoms with E-state index in [0.717, 1.165) is 76.3 Å². The summed E-state index contributed by atoms with van der Waals surface area (Å²) in [4.78, 5) is 13.2. The minimum atomic E-state index is -1.01. The van der Waals surface area contributed by atoms with Crippen LogP contribution in [0.15, 0.2) is 18.2 Å². The highest BCUT2D eigenvalue weighted by molar-refractivity contribution is 5.83. The second kappa shape index (κ2) is 8.61. The Hall–Kier alpha value is -1.52. The monoisotopic (exact) mass is 462 g/mol. The van der Waals surface area contributed by atoms with Crippen molar-refractivity contribution in [3.63, 3.8) is 0 Å². The van der Waals surface area contributed by atoms with Gasteiger partial charge in [-0.2, -0.15) is 0 Å². The molecule has 1 aromatic rings. The highest BCUT2D eigenvalue weighted by Crippen LogP contribution is 2.66. The second-order valence-corrected chi connectivity index (χ2v) is 11.6. The lowest BCUT2D eigenvalue weighted by Crippen LogP contribution is -2.56. The number of rotatable bonds is 5. The maximum atomic E-state index is 16.5. The summed E-state index contributed by atoms with van der Waals surface area (Å²) < 4.78 is 49.0. The number of benzene rings is 1. The maximum absolute atomic E-state index is 16.5. The second-order valence-electron chi connectivity index (χ2n) is 11.6. The topological polar surface area (TPSA) is 26.3 Å². The summed E-state index contributed by atoms with van der Waals surface area (Å²) in [6, 6.07) is 3.13. The molecule has 0 spiro atoms. The average molecular weight is 463 g/mol. The normalized spacial score (nSPS) is 42.2. The zero-order chi connectivity index (χ0) is 23.4. The molecule has 0 bridgehead atoms. The van der Waals surface area contributed by atoms with Crippen LogP contribution in [0.1, 0.15) is 78.1 Å². The van der Waals surface area contributed by atoms with Gasteiger partial charge in [-0.3, -0.25) is 4.79 Å². The predicted octanol–water partition coefficient (Wildman–Crippen LogP) is 7.30. The minimum absolute atomic E-state index is 0.00530. The van der Waals surface area contributed by atoms with Gasteiger partial charge >= 0.3 is 0 Å². The Morgan fingerprint density at radius 3 is 2.64 bits per heavy atom. The first-order valence-electron chi connectivity index (χ1n) is 13.1. The van der Waals surface area contributed by atoms with E-state index < -0.39 is 17.3 Å². The van der Waals surface area contributed by atoms with Crippen LogP contribution in [-0.2, 0) is 4.79 Å². The van der Waals surface area contributed by atoms with Crippen LogP contribution >= 0.6 is 0 Å². The van der Waals surface area contributed by atoms with Gasteiger partial charge in [0.2, 0.25) is 0 Å². The van der Waals surface area contributed by atoms with Crippen LogP contribution in [0.25, 0.3) is 0 Å². The van der Waals surface area contributed by atoms with E-state index in [-0.39, 0.29) is 41.3 Å². The Balaban J connectivity index is 1.28.